The average Bonchev–Trinajstić information content (AvgIpc) is 2.46. The summed E-state index contributed by atoms with van der Waals surface area (Å²) in [5.41, 5.74) is 5.52. The van der Waals surface area contributed by atoms with Gasteiger partial charge in [-0.1, -0.05) is 51.9 Å². The van der Waals surface area contributed by atoms with Crippen molar-refractivity contribution in [2.75, 3.05) is 26.7 Å². The molecule has 0 fully saturated rings. The summed E-state index contributed by atoms with van der Waals surface area (Å²) in [7, 11) is 1.86. The molecule has 0 rings (SSSR count). The van der Waals surface area contributed by atoms with Gasteiger partial charge in [0.05, 0.1) is 5.60 Å². The van der Waals surface area contributed by atoms with Gasteiger partial charge in [0, 0.05) is 20.2 Å². The molecule has 0 aromatic carbocycles. The first-order valence-electron chi connectivity index (χ1n) is 8.64. The Hall–Kier alpha value is -0.120. The summed E-state index contributed by atoms with van der Waals surface area (Å²) in [6, 6.07) is 0. The number of nitrogens with one attached hydrogen (secondary N) is 1. The molecule has 0 heterocycles. The highest BCUT2D eigenvalue weighted by molar-refractivity contribution is 4.75. The van der Waals surface area contributed by atoms with Crippen molar-refractivity contribution >= 4 is 0 Å². The summed E-state index contributed by atoms with van der Waals surface area (Å²) in [5.74, 6) is 0. The Kier molecular flexibility index (Phi) is 13.8. The van der Waals surface area contributed by atoms with E-state index in [0.717, 1.165) is 26.1 Å². The molecule has 0 saturated heterocycles. The molecular weight excluding hydrogens is 248 g/mol. The summed E-state index contributed by atoms with van der Waals surface area (Å²) in [4.78, 5) is 0. The van der Waals surface area contributed by atoms with Crippen LogP contribution in [-0.2, 0) is 4.74 Å². The van der Waals surface area contributed by atoms with Crippen molar-refractivity contribution < 1.29 is 4.74 Å². The molecule has 0 aromatic rings. The van der Waals surface area contributed by atoms with Gasteiger partial charge in [-0.05, 0) is 32.7 Å². The molecule has 0 aliphatic rings. The minimum atomic E-state index is 0.0633. The lowest BCUT2D eigenvalue weighted by Gasteiger charge is -2.28. The Bertz CT molecular complexity index is 199. The summed E-state index contributed by atoms with van der Waals surface area (Å²) in [6.45, 7) is 7.22. The second-order valence-corrected chi connectivity index (χ2v) is 6.17. The van der Waals surface area contributed by atoms with Crippen molar-refractivity contribution in [3.8, 4) is 0 Å². The highest BCUT2D eigenvalue weighted by Gasteiger charge is 2.22. The van der Waals surface area contributed by atoms with Crippen LogP contribution in [-0.4, -0.2) is 32.3 Å². The number of hydrogen-bond donors (Lipinski definition) is 2. The highest BCUT2D eigenvalue weighted by atomic mass is 16.5. The smallest absolute Gasteiger partial charge is 0.0651 e. The van der Waals surface area contributed by atoms with E-state index in [2.05, 4.69) is 19.2 Å². The van der Waals surface area contributed by atoms with Gasteiger partial charge < -0.3 is 15.8 Å². The largest absolute Gasteiger partial charge is 0.379 e. The molecule has 122 valence electrons. The number of methoxy groups -OCH3 is 1. The van der Waals surface area contributed by atoms with Gasteiger partial charge in [0.15, 0.2) is 0 Å². The number of unbranched alkanes of at least 4 members (excludes halogenated alkanes) is 6. The van der Waals surface area contributed by atoms with E-state index in [1.165, 1.54) is 57.8 Å². The Morgan fingerprint density at radius 3 is 2.10 bits per heavy atom. The lowest BCUT2D eigenvalue weighted by Crippen LogP contribution is -2.30. The van der Waals surface area contributed by atoms with Crippen LogP contribution in [0.15, 0.2) is 0 Å². The standard InChI is InChI=1S/C17H38N2O/c1-4-5-6-7-8-9-10-12-17(2,20-3)13-11-15-19-16-14-18/h19H,4-16,18H2,1-3H3. The summed E-state index contributed by atoms with van der Waals surface area (Å²) < 4.78 is 5.74. The maximum Gasteiger partial charge on any atom is 0.0651 e. The van der Waals surface area contributed by atoms with Crippen molar-refractivity contribution in [1.82, 2.24) is 5.32 Å². The highest BCUT2D eigenvalue weighted by Crippen LogP contribution is 2.24. The van der Waals surface area contributed by atoms with Crippen LogP contribution in [0.2, 0.25) is 0 Å². The molecule has 0 aliphatic carbocycles. The molecule has 0 radical (unpaired) electrons. The van der Waals surface area contributed by atoms with Crippen LogP contribution in [0.3, 0.4) is 0 Å². The van der Waals surface area contributed by atoms with Gasteiger partial charge in [0.1, 0.15) is 0 Å². The predicted molar refractivity (Wildman–Crippen MR) is 89.2 cm³/mol. The normalized spacial score (nSPS) is 14.4. The van der Waals surface area contributed by atoms with Crippen LogP contribution in [0.5, 0.6) is 0 Å². The summed E-state index contributed by atoms with van der Waals surface area (Å²) >= 11 is 0. The van der Waals surface area contributed by atoms with E-state index >= 15 is 0 Å². The van der Waals surface area contributed by atoms with E-state index < -0.39 is 0 Å². The molecule has 0 aliphatic heterocycles. The van der Waals surface area contributed by atoms with Crippen LogP contribution in [0.4, 0.5) is 0 Å². The van der Waals surface area contributed by atoms with Crippen molar-refractivity contribution in [2.45, 2.75) is 83.7 Å². The fourth-order valence-corrected chi connectivity index (χ4v) is 2.60. The Balaban J connectivity index is 3.56. The Morgan fingerprint density at radius 1 is 0.900 bits per heavy atom. The average molecular weight is 287 g/mol. The number of rotatable bonds is 15. The molecule has 0 amide bonds. The summed E-state index contributed by atoms with van der Waals surface area (Å²) in [5, 5.41) is 3.35. The molecule has 0 bridgehead atoms. The first-order valence-corrected chi connectivity index (χ1v) is 8.64. The van der Waals surface area contributed by atoms with Crippen molar-refractivity contribution in [1.29, 1.82) is 0 Å². The third-order valence-electron chi connectivity index (χ3n) is 4.18. The molecule has 1 atom stereocenters. The fraction of sp³-hybridized carbons (Fsp3) is 1.00. The van der Waals surface area contributed by atoms with Crippen LogP contribution in [0.25, 0.3) is 0 Å². The van der Waals surface area contributed by atoms with Crippen molar-refractivity contribution in [3.63, 3.8) is 0 Å². The van der Waals surface area contributed by atoms with Crippen molar-refractivity contribution in [3.05, 3.63) is 0 Å². The van der Waals surface area contributed by atoms with Crippen LogP contribution in [0, 0.1) is 0 Å². The quantitative estimate of drug-likeness (QED) is 0.449. The van der Waals surface area contributed by atoms with Gasteiger partial charge in [0.2, 0.25) is 0 Å². The molecule has 0 spiro atoms. The number of nitrogens with two attached hydrogens (primary N) is 1. The van der Waals surface area contributed by atoms with Crippen LogP contribution < -0.4 is 11.1 Å². The topological polar surface area (TPSA) is 47.3 Å². The molecule has 3 heteroatoms. The molecule has 0 aromatic heterocycles. The van der Waals surface area contributed by atoms with Crippen LogP contribution in [0.1, 0.15) is 78.1 Å². The second-order valence-electron chi connectivity index (χ2n) is 6.17. The monoisotopic (exact) mass is 286 g/mol. The van der Waals surface area contributed by atoms with E-state index in [0.29, 0.717) is 0 Å². The van der Waals surface area contributed by atoms with Gasteiger partial charge in [-0.25, -0.2) is 0 Å². The van der Waals surface area contributed by atoms with E-state index in [-0.39, 0.29) is 5.60 Å². The van der Waals surface area contributed by atoms with Crippen LogP contribution >= 0.6 is 0 Å². The third kappa shape index (κ3) is 11.7. The maximum atomic E-state index is 5.74. The first-order chi connectivity index (χ1) is 9.68. The van der Waals surface area contributed by atoms with Gasteiger partial charge in [-0.2, -0.15) is 0 Å². The first kappa shape index (κ1) is 19.9. The maximum absolute atomic E-state index is 5.74. The Labute approximate surface area is 127 Å². The molecule has 3 nitrogen and oxygen atoms in total. The van der Waals surface area contributed by atoms with Gasteiger partial charge in [-0.15, -0.1) is 0 Å². The lowest BCUT2D eigenvalue weighted by molar-refractivity contribution is -0.0115. The molecule has 20 heavy (non-hydrogen) atoms. The van der Waals surface area contributed by atoms with E-state index in [1.54, 1.807) is 0 Å². The molecule has 3 N–H and O–H groups in total. The SMILES string of the molecule is CCCCCCCCCC(C)(CCCNCCN)OC. The molecule has 1 unspecified atom stereocenters. The fourth-order valence-electron chi connectivity index (χ4n) is 2.60. The zero-order valence-corrected chi connectivity index (χ0v) is 14.2. The zero-order chi connectivity index (χ0) is 15.1. The van der Waals surface area contributed by atoms with E-state index in [4.69, 9.17) is 10.5 Å². The Morgan fingerprint density at radius 2 is 1.50 bits per heavy atom. The zero-order valence-electron chi connectivity index (χ0n) is 14.2. The lowest BCUT2D eigenvalue weighted by atomic mass is 9.92. The van der Waals surface area contributed by atoms with Gasteiger partial charge in [0.25, 0.3) is 0 Å². The predicted octanol–water partition coefficient (Wildman–Crippen LogP) is 3.86. The summed E-state index contributed by atoms with van der Waals surface area (Å²) in [6.07, 6.45) is 13.1. The van der Waals surface area contributed by atoms with Gasteiger partial charge in [-0.3, -0.25) is 0 Å². The number of hydrogen-bond acceptors (Lipinski definition) is 3. The van der Waals surface area contributed by atoms with Crippen molar-refractivity contribution in [2.24, 2.45) is 5.73 Å². The molecule has 0 saturated carbocycles. The van der Waals surface area contributed by atoms with E-state index in [9.17, 15) is 0 Å². The second kappa shape index (κ2) is 13.8. The minimum Gasteiger partial charge on any atom is -0.379 e. The number of ether oxygens (including phenoxy) is 1. The molecular formula is C17H38N2O. The van der Waals surface area contributed by atoms with Gasteiger partial charge >= 0.3 is 0 Å². The van der Waals surface area contributed by atoms with E-state index in [1.807, 2.05) is 7.11 Å². The minimum absolute atomic E-state index is 0.0633. The third-order valence-corrected chi connectivity index (χ3v) is 4.18.